The minimum absolute atomic E-state index is 0.0864. The molecule has 2 bridgehead atoms. The Balaban J connectivity index is 1.07. The Morgan fingerprint density at radius 3 is 2.45 bits per heavy atom. The van der Waals surface area contributed by atoms with Gasteiger partial charge >= 0.3 is 6.61 Å². The lowest BCUT2D eigenvalue weighted by molar-refractivity contribution is -0.131. The van der Waals surface area contributed by atoms with Crippen molar-refractivity contribution in [1.29, 1.82) is 0 Å². The summed E-state index contributed by atoms with van der Waals surface area (Å²) in [5.74, 6) is 8.19. The van der Waals surface area contributed by atoms with Gasteiger partial charge in [-0.25, -0.2) is 0 Å². The van der Waals surface area contributed by atoms with E-state index >= 15 is 0 Å². The van der Waals surface area contributed by atoms with Crippen LogP contribution in [0.25, 0.3) is 22.2 Å². The number of rotatable bonds is 7. The summed E-state index contributed by atoms with van der Waals surface area (Å²) < 4.78 is 43.0. The smallest absolute Gasteiger partial charge is 0.387 e. The molecule has 4 fully saturated rings. The molecule has 0 N–H and O–H groups in total. The van der Waals surface area contributed by atoms with E-state index in [1.165, 1.54) is 12.3 Å². The molecule has 10 heteroatoms. The Morgan fingerprint density at radius 2 is 1.76 bits per heavy atom. The summed E-state index contributed by atoms with van der Waals surface area (Å²) in [5.41, 5.74) is 3.21. The molecule has 1 aromatic carbocycles. The second kappa shape index (κ2) is 10.8. The fourth-order valence-corrected chi connectivity index (χ4v) is 6.89. The van der Waals surface area contributed by atoms with Crippen molar-refractivity contribution in [2.75, 3.05) is 0 Å². The Kier molecular flexibility index (Phi) is 7.08. The molecule has 4 saturated carbocycles. The van der Waals surface area contributed by atoms with Gasteiger partial charge in [-0.15, -0.1) is 0 Å². The van der Waals surface area contributed by atoms with Crippen molar-refractivity contribution >= 4 is 34.1 Å². The van der Waals surface area contributed by atoms with Gasteiger partial charge in [0.05, 0.1) is 27.8 Å². The second-order valence-electron chi connectivity index (χ2n) is 11.5. The van der Waals surface area contributed by atoms with Gasteiger partial charge in [0.1, 0.15) is 17.2 Å². The summed E-state index contributed by atoms with van der Waals surface area (Å²) in [5, 5.41) is 5.75. The lowest BCUT2D eigenvalue weighted by atomic mass is 9.59. The van der Waals surface area contributed by atoms with E-state index in [-0.39, 0.29) is 16.8 Å². The average Bonchev–Trinajstić information content (AvgIpc) is 3.76. The summed E-state index contributed by atoms with van der Waals surface area (Å²) in [6.45, 7) is -2.52. The quantitative estimate of drug-likeness (QED) is 0.195. The van der Waals surface area contributed by atoms with Crippen LogP contribution in [0.1, 0.15) is 74.2 Å². The number of benzene rings is 1. The van der Waals surface area contributed by atoms with Crippen LogP contribution in [0.4, 0.5) is 8.78 Å². The highest BCUT2D eigenvalue weighted by Crippen LogP contribution is 2.54. The van der Waals surface area contributed by atoms with Crippen molar-refractivity contribution in [1.82, 2.24) is 15.1 Å². The van der Waals surface area contributed by atoms with Gasteiger partial charge in [-0.2, -0.15) is 8.78 Å². The molecule has 0 unspecified atom stereocenters. The molecule has 0 aliphatic heterocycles. The van der Waals surface area contributed by atoms with E-state index in [9.17, 15) is 8.78 Å². The van der Waals surface area contributed by atoms with Gasteiger partial charge in [-0.1, -0.05) is 40.2 Å². The normalized spacial score (nSPS) is 23.3. The van der Waals surface area contributed by atoms with Crippen LogP contribution < -0.4 is 4.74 Å². The van der Waals surface area contributed by atoms with E-state index in [0.29, 0.717) is 44.7 Å². The first kappa shape index (κ1) is 27.6. The molecule has 0 radical (unpaired) electrons. The number of fused-ring (bicyclic) bond motifs is 4. The topological polar surface area (TPSA) is 70.3 Å². The molecule has 4 aliphatic carbocycles. The van der Waals surface area contributed by atoms with Crippen LogP contribution in [0.5, 0.6) is 5.75 Å². The van der Waals surface area contributed by atoms with E-state index < -0.39 is 6.61 Å². The largest absolute Gasteiger partial charge is 0.434 e. The third-order valence-electron chi connectivity index (χ3n) is 8.95. The number of hydrogen-bond donors (Lipinski definition) is 0. The third-order valence-corrected chi connectivity index (χ3v) is 9.52. The number of alkyl halides is 2. The summed E-state index contributed by atoms with van der Waals surface area (Å²) in [6.07, 6.45) is 12.2. The van der Waals surface area contributed by atoms with E-state index in [1.807, 2.05) is 6.07 Å². The highest BCUT2D eigenvalue weighted by molar-refractivity contribution is 6.38. The zero-order valence-corrected chi connectivity index (χ0v) is 24.2. The summed E-state index contributed by atoms with van der Waals surface area (Å²) in [6, 6.07) is 6.89. The van der Waals surface area contributed by atoms with Crippen molar-refractivity contribution < 1.29 is 22.8 Å². The number of aromatic nitrogens is 3. The Hall–Kier alpha value is -3.25. The SMILES string of the molecule is FC(F)Oc1ccnc2ccc(C#CC34CCC(OCc5c(-c6c(Cl)cncc6Cl)noc5C5CC5)(CC3)CC4)cc12. The molecule has 216 valence electrons. The van der Waals surface area contributed by atoms with E-state index in [4.69, 9.17) is 37.2 Å². The molecule has 3 aromatic heterocycles. The number of hydrogen-bond acceptors (Lipinski definition) is 6. The highest BCUT2D eigenvalue weighted by atomic mass is 35.5. The maximum Gasteiger partial charge on any atom is 0.387 e. The molecule has 6 nitrogen and oxygen atoms in total. The van der Waals surface area contributed by atoms with Gasteiger partial charge in [-0.05, 0) is 75.6 Å². The van der Waals surface area contributed by atoms with Gasteiger partial charge in [0.25, 0.3) is 0 Å². The third kappa shape index (κ3) is 5.23. The molecule has 0 amide bonds. The van der Waals surface area contributed by atoms with Crippen LogP contribution in [0.15, 0.2) is 47.4 Å². The molecule has 4 aliphatic rings. The predicted octanol–water partition coefficient (Wildman–Crippen LogP) is 8.73. The molecule has 0 atom stereocenters. The number of pyridine rings is 2. The first-order chi connectivity index (χ1) is 20.3. The molecule has 4 aromatic rings. The van der Waals surface area contributed by atoms with Gasteiger partial charge in [-0.3, -0.25) is 9.97 Å². The van der Waals surface area contributed by atoms with Crippen LogP contribution >= 0.6 is 23.2 Å². The summed E-state index contributed by atoms with van der Waals surface area (Å²) >= 11 is 12.9. The standard InChI is InChI=1S/C32H27Cl2F2N3O3/c33-23-16-37-17-24(34)27(23)28-22(29(42-39-28)20-2-3-20)18-40-32-11-8-31(9-12-32,10-13-32)7-5-19-1-4-25-21(15-19)26(6-14-38-25)41-30(35)36/h1,4,6,14-17,20,30H,2-3,8-13,18H2. The maximum absolute atomic E-state index is 12.9. The molecule has 42 heavy (non-hydrogen) atoms. The van der Waals surface area contributed by atoms with E-state index in [0.717, 1.165) is 68.3 Å². The lowest BCUT2D eigenvalue weighted by Crippen LogP contribution is -2.47. The van der Waals surface area contributed by atoms with Gasteiger partial charge in [0, 0.05) is 52.0 Å². The highest BCUT2D eigenvalue weighted by Gasteiger charge is 2.49. The second-order valence-corrected chi connectivity index (χ2v) is 12.4. The summed E-state index contributed by atoms with van der Waals surface area (Å²) in [7, 11) is 0. The van der Waals surface area contributed by atoms with E-state index in [1.54, 1.807) is 24.5 Å². The zero-order valence-electron chi connectivity index (χ0n) is 22.6. The molecule has 3 heterocycles. The number of halogens is 4. The fourth-order valence-electron chi connectivity index (χ4n) is 6.34. The number of ether oxygens (including phenoxy) is 2. The predicted molar refractivity (Wildman–Crippen MR) is 155 cm³/mol. The van der Waals surface area contributed by atoms with Gasteiger partial charge in [0.15, 0.2) is 0 Å². The minimum Gasteiger partial charge on any atom is -0.434 e. The number of nitrogens with zero attached hydrogens (tertiary/aromatic N) is 3. The Bertz CT molecular complexity index is 1680. The first-order valence-electron chi connectivity index (χ1n) is 14.1. The van der Waals surface area contributed by atoms with Crippen LogP contribution in [0.3, 0.4) is 0 Å². The molecule has 0 saturated heterocycles. The first-order valence-corrected chi connectivity index (χ1v) is 14.9. The van der Waals surface area contributed by atoms with Gasteiger partial charge < -0.3 is 14.0 Å². The fraction of sp³-hybridized carbons (Fsp3) is 0.406. The van der Waals surface area contributed by atoms with Crippen molar-refractivity contribution in [3.63, 3.8) is 0 Å². The Labute approximate surface area is 251 Å². The molecule has 8 rings (SSSR count). The van der Waals surface area contributed by atoms with Crippen LogP contribution in [0, 0.1) is 17.3 Å². The van der Waals surface area contributed by atoms with Crippen molar-refractivity contribution in [3.05, 3.63) is 69.8 Å². The van der Waals surface area contributed by atoms with Gasteiger partial charge in [0.2, 0.25) is 0 Å². The van der Waals surface area contributed by atoms with Crippen LogP contribution in [-0.4, -0.2) is 27.3 Å². The Morgan fingerprint density at radius 1 is 1.02 bits per heavy atom. The molecular weight excluding hydrogens is 583 g/mol. The lowest BCUT2D eigenvalue weighted by Gasteiger charge is -2.51. The summed E-state index contributed by atoms with van der Waals surface area (Å²) in [4.78, 5) is 8.33. The zero-order chi connectivity index (χ0) is 28.9. The maximum atomic E-state index is 12.9. The van der Waals surface area contributed by atoms with E-state index in [2.05, 4.69) is 27.0 Å². The van der Waals surface area contributed by atoms with Crippen molar-refractivity contribution in [2.45, 2.75) is 76.1 Å². The monoisotopic (exact) mass is 609 g/mol. The minimum atomic E-state index is -2.90. The van der Waals surface area contributed by atoms with Crippen molar-refractivity contribution in [3.8, 4) is 28.8 Å². The van der Waals surface area contributed by atoms with Crippen LogP contribution in [0.2, 0.25) is 10.0 Å². The van der Waals surface area contributed by atoms with Crippen molar-refractivity contribution in [2.24, 2.45) is 5.41 Å². The van der Waals surface area contributed by atoms with Crippen LogP contribution in [-0.2, 0) is 11.3 Å². The molecular formula is C32H27Cl2F2N3O3. The molecule has 0 spiro atoms. The average molecular weight is 610 g/mol.